The summed E-state index contributed by atoms with van der Waals surface area (Å²) in [4.78, 5) is 23.3. The number of hydrogen-bond donors (Lipinski definition) is 2. The lowest BCUT2D eigenvalue weighted by atomic mass is 10.2. The Bertz CT molecular complexity index is 509. The smallest absolute Gasteiger partial charge is 0.407 e. The first-order chi connectivity index (χ1) is 10.3. The predicted molar refractivity (Wildman–Crippen MR) is 85.1 cm³/mol. The molecule has 0 aliphatic carbocycles. The van der Waals surface area contributed by atoms with E-state index in [1.807, 2.05) is 12.1 Å². The van der Waals surface area contributed by atoms with Gasteiger partial charge in [0, 0.05) is 13.0 Å². The lowest BCUT2D eigenvalue weighted by Crippen LogP contribution is -2.33. The van der Waals surface area contributed by atoms with E-state index >= 15 is 0 Å². The van der Waals surface area contributed by atoms with Crippen molar-refractivity contribution < 1.29 is 19.1 Å². The summed E-state index contributed by atoms with van der Waals surface area (Å²) in [5, 5.41) is 5.40. The molecule has 0 aromatic heterocycles. The summed E-state index contributed by atoms with van der Waals surface area (Å²) >= 11 is 0. The molecule has 22 heavy (non-hydrogen) atoms. The SMILES string of the molecule is COc1ccccc1NC(=O)CCCNC(=O)OC(C)(C)C. The third kappa shape index (κ3) is 6.97. The Morgan fingerprint density at radius 2 is 1.86 bits per heavy atom. The largest absolute Gasteiger partial charge is 0.495 e. The van der Waals surface area contributed by atoms with E-state index in [2.05, 4.69) is 10.6 Å². The summed E-state index contributed by atoms with van der Waals surface area (Å²) < 4.78 is 10.3. The van der Waals surface area contributed by atoms with E-state index in [1.54, 1.807) is 40.0 Å². The topological polar surface area (TPSA) is 76.7 Å². The maximum Gasteiger partial charge on any atom is 0.407 e. The van der Waals surface area contributed by atoms with Gasteiger partial charge in [-0.05, 0) is 39.3 Å². The van der Waals surface area contributed by atoms with Gasteiger partial charge in [0.15, 0.2) is 0 Å². The highest BCUT2D eigenvalue weighted by molar-refractivity contribution is 5.92. The summed E-state index contributed by atoms with van der Waals surface area (Å²) in [7, 11) is 1.55. The minimum Gasteiger partial charge on any atom is -0.495 e. The molecule has 2 amide bonds. The van der Waals surface area contributed by atoms with Crippen LogP contribution in [0, 0.1) is 0 Å². The van der Waals surface area contributed by atoms with Crippen LogP contribution >= 0.6 is 0 Å². The van der Waals surface area contributed by atoms with Crippen LogP contribution in [0.4, 0.5) is 10.5 Å². The molecule has 1 aromatic rings. The number of carbonyl (C=O) groups is 2. The predicted octanol–water partition coefficient (Wildman–Crippen LogP) is 2.94. The highest BCUT2D eigenvalue weighted by Gasteiger charge is 2.15. The molecule has 0 saturated heterocycles. The van der Waals surface area contributed by atoms with Gasteiger partial charge in [0.1, 0.15) is 11.4 Å². The van der Waals surface area contributed by atoms with Gasteiger partial charge in [-0.15, -0.1) is 0 Å². The van der Waals surface area contributed by atoms with Gasteiger partial charge in [-0.2, -0.15) is 0 Å². The molecule has 1 aromatic carbocycles. The van der Waals surface area contributed by atoms with E-state index in [1.165, 1.54) is 0 Å². The minimum atomic E-state index is -0.522. The number of nitrogens with one attached hydrogen (secondary N) is 2. The zero-order chi connectivity index (χ0) is 16.6. The van der Waals surface area contributed by atoms with Crippen LogP contribution in [0.15, 0.2) is 24.3 Å². The number of anilines is 1. The number of hydrogen-bond acceptors (Lipinski definition) is 4. The van der Waals surface area contributed by atoms with Crippen molar-refractivity contribution in [3.05, 3.63) is 24.3 Å². The average molecular weight is 308 g/mol. The maximum absolute atomic E-state index is 11.8. The molecule has 0 saturated carbocycles. The molecular formula is C16H24N2O4. The number of benzene rings is 1. The summed E-state index contributed by atoms with van der Waals surface area (Å²) in [6.07, 6.45) is 0.353. The number of methoxy groups -OCH3 is 1. The molecule has 0 aliphatic rings. The third-order valence-electron chi connectivity index (χ3n) is 2.63. The average Bonchev–Trinajstić information content (AvgIpc) is 2.42. The standard InChI is InChI=1S/C16H24N2O4/c1-16(2,3)22-15(20)17-11-7-10-14(19)18-12-8-5-6-9-13(12)21-4/h5-6,8-9H,7,10-11H2,1-4H3,(H,17,20)(H,18,19). The van der Waals surface area contributed by atoms with Gasteiger partial charge >= 0.3 is 6.09 Å². The van der Waals surface area contributed by atoms with Crippen LogP contribution in [0.25, 0.3) is 0 Å². The molecule has 2 N–H and O–H groups in total. The molecule has 0 unspecified atom stereocenters. The highest BCUT2D eigenvalue weighted by atomic mass is 16.6. The van der Waals surface area contributed by atoms with Crippen LogP contribution in [-0.4, -0.2) is 31.3 Å². The van der Waals surface area contributed by atoms with Crippen LogP contribution in [0.3, 0.4) is 0 Å². The second-order valence-corrected chi connectivity index (χ2v) is 5.78. The van der Waals surface area contributed by atoms with E-state index in [4.69, 9.17) is 9.47 Å². The summed E-state index contributed by atoms with van der Waals surface area (Å²) in [6.45, 7) is 5.78. The van der Waals surface area contributed by atoms with Crippen LogP contribution in [0.2, 0.25) is 0 Å². The zero-order valence-corrected chi connectivity index (χ0v) is 13.6. The Kier molecular flexibility index (Phi) is 6.69. The second kappa shape index (κ2) is 8.26. The number of rotatable bonds is 6. The Labute approximate surface area is 131 Å². The van der Waals surface area contributed by atoms with E-state index in [9.17, 15) is 9.59 Å². The Hall–Kier alpha value is -2.24. The number of para-hydroxylation sites is 2. The first-order valence-electron chi connectivity index (χ1n) is 7.21. The molecule has 0 aliphatic heterocycles. The van der Waals surface area contributed by atoms with Gasteiger partial charge in [-0.25, -0.2) is 4.79 Å². The molecule has 0 spiro atoms. The molecule has 0 fully saturated rings. The molecule has 6 nitrogen and oxygen atoms in total. The van der Waals surface area contributed by atoms with E-state index in [0.717, 1.165) is 0 Å². The number of ether oxygens (including phenoxy) is 2. The number of carbonyl (C=O) groups excluding carboxylic acids is 2. The van der Waals surface area contributed by atoms with Crippen molar-refractivity contribution >= 4 is 17.7 Å². The Morgan fingerprint density at radius 1 is 1.18 bits per heavy atom. The van der Waals surface area contributed by atoms with E-state index in [-0.39, 0.29) is 5.91 Å². The fraction of sp³-hybridized carbons (Fsp3) is 0.500. The molecule has 1 rings (SSSR count). The van der Waals surface area contributed by atoms with Crippen LogP contribution in [0.1, 0.15) is 33.6 Å². The van der Waals surface area contributed by atoms with Crippen molar-refractivity contribution in [1.29, 1.82) is 0 Å². The van der Waals surface area contributed by atoms with Gasteiger partial charge in [-0.3, -0.25) is 4.79 Å². The molecule has 6 heteroatoms. The maximum atomic E-state index is 11.8. The highest BCUT2D eigenvalue weighted by Crippen LogP contribution is 2.23. The zero-order valence-electron chi connectivity index (χ0n) is 13.6. The number of amides is 2. The molecule has 0 bridgehead atoms. The second-order valence-electron chi connectivity index (χ2n) is 5.78. The first-order valence-corrected chi connectivity index (χ1v) is 7.21. The van der Waals surface area contributed by atoms with Gasteiger partial charge in [0.05, 0.1) is 12.8 Å². The fourth-order valence-electron chi connectivity index (χ4n) is 1.71. The monoisotopic (exact) mass is 308 g/mol. The molecular weight excluding hydrogens is 284 g/mol. The normalized spacial score (nSPS) is 10.7. The Balaban J connectivity index is 2.28. The van der Waals surface area contributed by atoms with Crippen molar-refractivity contribution in [3.63, 3.8) is 0 Å². The molecule has 0 heterocycles. The van der Waals surface area contributed by atoms with Crippen LogP contribution < -0.4 is 15.4 Å². The van der Waals surface area contributed by atoms with Crippen molar-refractivity contribution in [3.8, 4) is 5.75 Å². The van der Waals surface area contributed by atoms with Crippen LogP contribution in [-0.2, 0) is 9.53 Å². The molecule has 0 atom stereocenters. The van der Waals surface area contributed by atoms with Gasteiger partial charge in [0.2, 0.25) is 5.91 Å². The summed E-state index contributed by atoms with van der Waals surface area (Å²) in [5.74, 6) is 0.484. The van der Waals surface area contributed by atoms with Crippen molar-refractivity contribution in [2.75, 3.05) is 19.0 Å². The quantitative estimate of drug-likeness (QED) is 0.792. The van der Waals surface area contributed by atoms with Crippen molar-refractivity contribution in [2.45, 2.75) is 39.2 Å². The van der Waals surface area contributed by atoms with Crippen LogP contribution in [0.5, 0.6) is 5.75 Å². The molecule has 122 valence electrons. The molecule has 0 radical (unpaired) electrons. The fourth-order valence-corrected chi connectivity index (χ4v) is 1.71. The summed E-state index contributed by atoms with van der Waals surface area (Å²) in [6, 6.07) is 7.21. The van der Waals surface area contributed by atoms with Gasteiger partial charge < -0.3 is 20.1 Å². The number of alkyl carbamates (subject to hydrolysis) is 1. The van der Waals surface area contributed by atoms with E-state index < -0.39 is 11.7 Å². The summed E-state index contributed by atoms with van der Waals surface area (Å²) in [5.41, 5.74) is 0.112. The van der Waals surface area contributed by atoms with Gasteiger partial charge in [0.25, 0.3) is 0 Å². The van der Waals surface area contributed by atoms with Crippen molar-refractivity contribution in [2.24, 2.45) is 0 Å². The van der Waals surface area contributed by atoms with Gasteiger partial charge in [-0.1, -0.05) is 12.1 Å². The lowest BCUT2D eigenvalue weighted by Gasteiger charge is -2.19. The first kappa shape index (κ1) is 17.8. The van der Waals surface area contributed by atoms with Crippen molar-refractivity contribution in [1.82, 2.24) is 5.32 Å². The third-order valence-corrected chi connectivity index (χ3v) is 2.63. The van der Waals surface area contributed by atoms with E-state index in [0.29, 0.717) is 30.8 Å². The lowest BCUT2D eigenvalue weighted by molar-refractivity contribution is -0.116. The minimum absolute atomic E-state index is 0.129. The Morgan fingerprint density at radius 3 is 2.50 bits per heavy atom.